The van der Waals surface area contributed by atoms with Crippen LogP contribution in [0.4, 0.5) is 0 Å². The van der Waals surface area contributed by atoms with Crippen molar-refractivity contribution in [3.8, 4) is 0 Å². The molecule has 1 aromatic carbocycles. The van der Waals surface area contributed by atoms with E-state index in [0.717, 1.165) is 24.8 Å². The van der Waals surface area contributed by atoms with Gasteiger partial charge in [-0.3, -0.25) is 4.79 Å². The van der Waals surface area contributed by atoms with Crippen LogP contribution in [0.1, 0.15) is 43.9 Å². The summed E-state index contributed by atoms with van der Waals surface area (Å²) in [6, 6.07) is 8.37. The molecule has 0 bridgehead atoms. The maximum Gasteiger partial charge on any atom is 0.240 e. The Hall–Kier alpha value is -1.06. The van der Waals surface area contributed by atoms with E-state index in [9.17, 15) is 4.79 Å². The van der Waals surface area contributed by atoms with Crippen molar-refractivity contribution in [3.63, 3.8) is 0 Å². The van der Waals surface area contributed by atoms with Gasteiger partial charge in [-0.1, -0.05) is 31.2 Å². The van der Waals surface area contributed by atoms with E-state index in [2.05, 4.69) is 36.5 Å². The topological polar surface area (TPSA) is 55.1 Å². The van der Waals surface area contributed by atoms with E-state index in [1.165, 1.54) is 5.56 Å². The van der Waals surface area contributed by atoms with Gasteiger partial charge in [0.15, 0.2) is 0 Å². The van der Waals surface area contributed by atoms with E-state index in [1.807, 2.05) is 6.92 Å². The normalized spacial score (nSPS) is 17.5. The van der Waals surface area contributed by atoms with Crippen molar-refractivity contribution in [2.45, 2.75) is 44.7 Å². The number of aryl methyl sites for hydroxylation is 1. The van der Waals surface area contributed by atoms with Gasteiger partial charge in [0.25, 0.3) is 0 Å². The minimum Gasteiger partial charge on any atom is -0.348 e. The Balaban J connectivity index is 0.00000162. The Morgan fingerprint density at radius 1 is 1.39 bits per heavy atom. The van der Waals surface area contributed by atoms with Gasteiger partial charge >= 0.3 is 0 Å². The molecule has 1 aliphatic carbocycles. The SMILES string of the molecule is CCc1ccc(C(C)NC(=O)C2(N)CC2)cc1.Cl. The fourth-order valence-corrected chi connectivity index (χ4v) is 1.83. The van der Waals surface area contributed by atoms with Crippen LogP contribution in [0.15, 0.2) is 24.3 Å². The highest BCUT2D eigenvalue weighted by molar-refractivity contribution is 5.89. The van der Waals surface area contributed by atoms with Crippen LogP contribution >= 0.6 is 12.4 Å². The van der Waals surface area contributed by atoms with Gasteiger partial charge in [0, 0.05) is 0 Å². The third kappa shape index (κ3) is 3.24. The fraction of sp³-hybridized carbons (Fsp3) is 0.500. The first-order valence-electron chi connectivity index (χ1n) is 6.24. The summed E-state index contributed by atoms with van der Waals surface area (Å²) >= 11 is 0. The van der Waals surface area contributed by atoms with E-state index < -0.39 is 5.54 Å². The fourth-order valence-electron chi connectivity index (χ4n) is 1.83. The summed E-state index contributed by atoms with van der Waals surface area (Å²) in [6.07, 6.45) is 2.65. The van der Waals surface area contributed by atoms with Crippen molar-refractivity contribution in [2.24, 2.45) is 5.73 Å². The molecule has 0 aromatic heterocycles. The van der Waals surface area contributed by atoms with Crippen molar-refractivity contribution >= 4 is 18.3 Å². The average Bonchev–Trinajstić information content (AvgIpc) is 3.09. The zero-order chi connectivity index (χ0) is 12.5. The van der Waals surface area contributed by atoms with Gasteiger partial charge in [0.2, 0.25) is 5.91 Å². The molecule has 1 saturated carbocycles. The van der Waals surface area contributed by atoms with Crippen molar-refractivity contribution in [1.82, 2.24) is 5.32 Å². The number of nitrogens with one attached hydrogen (secondary N) is 1. The van der Waals surface area contributed by atoms with Crippen LogP contribution in [0.5, 0.6) is 0 Å². The van der Waals surface area contributed by atoms with E-state index in [1.54, 1.807) is 0 Å². The van der Waals surface area contributed by atoms with Gasteiger partial charge < -0.3 is 11.1 Å². The van der Waals surface area contributed by atoms with Crippen LogP contribution in [0, 0.1) is 0 Å². The molecule has 4 heteroatoms. The number of benzene rings is 1. The number of carbonyl (C=O) groups is 1. The zero-order valence-corrected chi connectivity index (χ0v) is 11.7. The average molecular weight is 269 g/mol. The van der Waals surface area contributed by atoms with E-state index in [0.29, 0.717) is 0 Å². The van der Waals surface area contributed by atoms with Gasteiger partial charge in [0.1, 0.15) is 0 Å². The number of halogens is 1. The first kappa shape index (κ1) is 15.0. The van der Waals surface area contributed by atoms with Gasteiger partial charge in [0.05, 0.1) is 11.6 Å². The lowest BCUT2D eigenvalue weighted by Crippen LogP contribution is -2.43. The molecule has 1 aromatic rings. The monoisotopic (exact) mass is 268 g/mol. The van der Waals surface area contributed by atoms with Gasteiger partial charge in [-0.25, -0.2) is 0 Å². The molecule has 1 atom stereocenters. The predicted molar refractivity (Wildman–Crippen MR) is 75.8 cm³/mol. The van der Waals surface area contributed by atoms with Gasteiger partial charge in [-0.05, 0) is 37.3 Å². The predicted octanol–water partition coefficient (Wildman–Crippen LogP) is 2.34. The minimum atomic E-state index is -0.586. The van der Waals surface area contributed by atoms with Gasteiger partial charge in [-0.2, -0.15) is 0 Å². The molecule has 0 saturated heterocycles. The maximum atomic E-state index is 11.8. The molecule has 2 rings (SSSR count). The van der Waals surface area contributed by atoms with Crippen molar-refractivity contribution in [3.05, 3.63) is 35.4 Å². The summed E-state index contributed by atoms with van der Waals surface area (Å²) in [6.45, 7) is 4.12. The quantitative estimate of drug-likeness (QED) is 0.881. The number of amides is 1. The standard InChI is InChI=1S/C14H20N2O.ClH/c1-3-11-4-6-12(7-5-11)10(2)16-13(17)14(15)8-9-14;/h4-7,10H,3,8-9,15H2,1-2H3,(H,16,17);1H. The molecule has 18 heavy (non-hydrogen) atoms. The largest absolute Gasteiger partial charge is 0.348 e. The molecule has 0 aliphatic heterocycles. The van der Waals surface area contributed by atoms with Crippen LogP contribution < -0.4 is 11.1 Å². The van der Waals surface area contributed by atoms with Crippen molar-refractivity contribution < 1.29 is 4.79 Å². The molecular formula is C14H21ClN2O. The molecule has 3 nitrogen and oxygen atoms in total. The molecule has 0 radical (unpaired) electrons. The zero-order valence-electron chi connectivity index (χ0n) is 10.9. The third-order valence-corrected chi connectivity index (χ3v) is 3.48. The molecule has 1 aliphatic rings. The molecule has 1 fully saturated rings. The number of nitrogens with two attached hydrogens (primary N) is 1. The molecule has 1 amide bonds. The Morgan fingerprint density at radius 2 is 1.94 bits per heavy atom. The summed E-state index contributed by atoms with van der Waals surface area (Å²) in [5, 5.41) is 2.97. The number of hydrogen-bond donors (Lipinski definition) is 2. The Bertz CT molecular complexity index is 412. The molecular weight excluding hydrogens is 248 g/mol. The van der Waals surface area contributed by atoms with Crippen molar-refractivity contribution in [1.29, 1.82) is 0 Å². The lowest BCUT2D eigenvalue weighted by Gasteiger charge is -2.17. The van der Waals surface area contributed by atoms with Crippen LogP contribution in [-0.4, -0.2) is 11.4 Å². The van der Waals surface area contributed by atoms with Crippen LogP contribution in [-0.2, 0) is 11.2 Å². The first-order chi connectivity index (χ1) is 8.05. The highest BCUT2D eigenvalue weighted by Gasteiger charge is 2.46. The van der Waals surface area contributed by atoms with E-state index in [-0.39, 0.29) is 24.4 Å². The van der Waals surface area contributed by atoms with E-state index >= 15 is 0 Å². The molecule has 0 spiro atoms. The Morgan fingerprint density at radius 3 is 2.39 bits per heavy atom. The van der Waals surface area contributed by atoms with Crippen LogP contribution in [0.3, 0.4) is 0 Å². The highest BCUT2D eigenvalue weighted by atomic mass is 35.5. The summed E-state index contributed by atoms with van der Waals surface area (Å²) in [4.78, 5) is 11.8. The summed E-state index contributed by atoms with van der Waals surface area (Å²) in [7, 11) is 0. The number of rotatable bonds is 4. The summed E-state index contributed by atoms with van der Waals surface area (Å²) < 4.78 is 0. The lowest BCUT2D eigenvalue weighted by atomic mass is 10.0. The summed E-state index contributed by atoms with van der Waals surface area (Å²) in [5.74, 6) is -0.0235. The minimum absolute atomic E-state index is 0. The van der Waals surface area contributed by atoms with Crippen LogP contribution in [0.25, 0.3) is 0 Å². The molecule has 1 unspecified atom stereocenters. The summed E-state index contributed by atoms with van der Waals surface area (Å²) in [5.41, 5.74) is 7.70. The molecule has 100 valence electrons. The maximum absolute atomic E-state index is 11.8. The number of carbonyl (C=O) groups excluding carboxylic acids is 1. The highest BCUT2D eigenvalue weighted by Crippen LogP contribution is 2.32. The second kappa shape index (κ2) is 5.72. The van der Waals surface area contributed by atoms with Crippen molar-refractivity contribution in [2.75, 3.05) is 0 Å². The van der Waals surface area contributed by atoms with Crippen LogP contribution in [0.2, 0.25) is 0 Å². The Labute approximate surface area is 115 Å². The molecule has 3 N–H and O–H groups in total. The number of hydrogen-bond acceptors (Lipinski definition) is 2. The van der Waals surface area contributed by atoms with Gasteiger partial charge in [-0.15, -0.1) is 12.4 Å². The second-order valence-corrected chi connectivity index (χ2v) is 4.95. The van der Waals surface area contributed by atoms with E-state index in [4.69, 9.17) is 5.73 Å². The lowest BCUT2D eigenvalue weighted by molar-refractivity contribution is -0.123. The second-order valence-electron chi connectivity index (χ2n) is 4.95. The first-order valence-corrected chi connectivity index (χ1v) is 6.24. The Kier molecular flexibility index (Phi) is 4.77. The molecule has 0 heterocycles. The smallest absolute Gasteiger partial charge is 0.240 e. The third-order valence-electron chi connectivity index (χ3n) is 3.48.